The third kappa shape index (κ3) is 2.99. The van der Waals surface area contributed by atoms with E-state index in [0.717, 1.165) is 55.3 Å². The van der Waals surface area contributed by atoms with Crippen LogP contribution in [0.1, 0.15) is 97.8 Å². The number of carbonyl (C=O) groups excluding carboxylic acids is 1. The van der Waals surface area contributed by atoms with Gasteiger partial charge in [-0.05, 0) is 106 Å². The van der Waals surface area contributed by atoms with Crippen molar-refractivity contribution in [2.75, 3.05) is 0 Å². The lowest BCUT2D eigenvalue weighted by Gasteiger charge is -2.59. The Kier molecular flexibility index (Phi) is 5.04. The highest BCUT2D eigenvalue weighted by atomic mass is 16.3. The summed E-state index contributed by atoms with van der Waals surface area (Å²) >= 11 is 0. The normalized spacial score (nSPS) is 51.5. The molecule has 0 unspecified atom stereocenters. The molecule has 4 fully saturated rings. The molecule has 0 aliphatic heterocycles. The minimum atomic E-state index is -0.389. The molecule has 0 bridgehead atoms. The molecule has 0 heterocycles. The molecule has 0 radical (unpaired) electrons. The minimum Gasteiger partial charge on any atom is -0.390 e. The van der Waals surface area contributed by atoms with Gasteiger partial charge in [0.1, 0.15) is 5.78 Å². The van der Waals surface area contributed by atoms with Crippen LogP contribution >= 0.6 is 0 Å². The third-order valence-electron chi connectivity index (χ3n) is 9.73. The second kappa shape index (κ2) is 6.90. The Balaban J connectivity index is 1.57. The SMILES string of the molecule is CC[C@@]1(O)CCC[C@H]2[C@H](CC[C@@H]3[C@@H]2CC[C@]2(C)[C@@H](C(C)=O)CCC[C@@H]32)C1. The molecule has 0 saturated heterocycles. The summed E-state index contributed by atoms with van der Waals surface area (Å²) in [4.78, 5) is 12.4. The van der Waals surface area contributed by atoms with Gasteiger partial charge in [0.05, 0.1) is 5.60 Å². The van der Waals surface area contributed by atoms with E-state index < -0.39 is 0 Å². The summed E-state index contributed by atoms with van der Waals surface area (Å²) in [6.45, 7) is 6.48. The van der Waals surface area contributed by atoms with E-state index >= 15 is 0 Å². The smallest absolute Gasteiger partial charge is 0.133 e. The molecule has 148 valence electrons. The summed E-state index contributed by atoms with van der Waals surface area (Å²) < 4.78 is 0. The fraction of sp³-hybridized carbons (Fsp3) is 0.958. The first-order valence-electron chi connectivity index (χ1n) is 11.6. The monoisotopic (exact) mass is 360 g/mol. The largest absolute Gasteiger partial charge is 0.390 e. The summed E-state index contributed by atoms with van der Waals surface area (Å²) in [5.74, 6) is 4.86. The molecule has 4 aliphatic rings. The van der Waals surface area contributed by atoms with Gasteiger partial charge in [-0.15, -0.1) is 0 Å². The number of ketones is 1. The lowest BCUT2D eigenvalue weighted by Crippen LogP contribution is -2.53. The van der Waals surface area contributed by atoms with Crippen LogP contribution in [0, 0.1) is 40.9 Å². The molecule has 4 aliphatic carbocycles. The highest BCUT2D eigenvalue weighted by molar-refractivity contribution is 5.79. The van der Waals surface area contributed by atoms with Crippen LogP contribution in [-0.2, 0) is 4.79 Å². The molecule has 26 heavy (non-hydrogen) atoms. The van der Waals surface area contributed by atoms with E-state index in [0.29, 0.717) is 11.7 Å². The van der Waals surface area contributed by atoms with E-state index in [2.05, 4.69) is 13.8 Å². The van der Waals surface area contributed by atoms with Crippen molar-refractivity contribution in [3.8, 4) is 0 Å². The Morgan fingerprint density at radius 2 is 1.77 bits per heavy atom. The van der Waals surface area contributed by atoms with Crippen LogP contribution in [0.5, 0.6) is 0 Å². The van der Waals surface area contributed by atoms with Crippen LogP contribution in [-0.4, -0.2) is 16.5 Å². The zero-order valence-corrected chi connectivity index (χ0v) is 17.3. The average molecular weight is 361 g/mol. The second-order valence-corrected chi connectivity index (χ2v) is 10.7. The summed E-state index contributed by atoms with van der Waals surface area (Å²) in [5.41, 5.74) is -0.118. The van der Waals surface area contributed by atoms with Gasteiger partial charge in [-0.1, -0.05) is 26.7 Å². The molecule has 0 aromatic carbocycles. The number of rotatable bonds is 2. The Labute approximate surface area is 160 Å². The van der Waals surface area contributed by atoms with Gasteiger partial charge in [0.25, 0.3) is 0 Å². The fourth-order valence-electron chi connectivity index (χ4n) is 8.38. The van der Waals surface area contributed by atoms with Crippen molar-refractivity contribution in [3.05, 3.63) is 0 Å². The molecule has 2 nitrogen and oxygen atoms in total. The molecule has 0 aromatic rings. The zero-order valence-electron chi connectivity index (χ0n) is 17.3. The topological polar surface area (TPSA) is 37.3 Å². The van der Waals surface area contributed by atoms with Gasteiger partial charge in [-0.2, -0.15) is 0 Å². The van der Waals surface area contributed by atoms with Crippen molar-refractivity contribution in [2.45, 2.75) is 103 Å². The van der Waals surface area contributed by atoms with E-state index in [4.69, 9.17) is 0 Å². The molecule has 1 N–H and O–H groups in total. The van der Waals surface area contributed by atoms with Gasteiger partial charge in [0.15, 0.2) is 0 Å². The van der Waals surface area contributed by atoms with Gasteiger partial charge in [-0.25, -0.2) is 0 Å². The van der Waals surface area contributed by atoms with Crippen LogP contribution in [0.4, 0.5) is 0 Å². The molecule has 4 rings (SSSR count). The number of hydrogen-bond acceptors (Lipinski definition) is 2. The minimum absolute atomic E-state index is 0.271. The molecule has 0 amide bonds. The Morgan fingerprint density at radius 1 is 0.962 bits per heavy atom. The lowest BCUT2D eigenvalue weighted by atomic mass is 9.45. The first-order valence-corrected chi connectivity index (χ1v) is 11.6. The predicted octanol–water partition coefficient (Wildman–Crippen LogP) is 5.77. The quantitative estimate of drug-likeness (QED) is 0.679. The Morgan fingerprint density at radius 3 is 2.50 bits per heavy atom. The lowest BCUT2D eigenvalue weighted by molar-refractivity contribution is -0.141. The van der Waals surface area contributed by atoms with Crippen molar-refractivity contribution >= 4 is 5.78 Å². The molecular weight excluding hydrogens is 320 g/mol. The van der Waals surface area contributed by atoms with E-state index in [1.807, 2.05) is 6.92 Å². The summed E-state index contributed by atoms with van der Waals surface area (Å²) in [7, 11) is 0. The first kappa shape index (κ1) is 19.0. The maximum atomic E-state index is 12.4. The van der Waals surface area contributed by atoms with Crippen molar-refractivity contribution < 1.29 is 9.90 Å². The van der Waals surface area contributed by atoms with Crippen LogP contribution in [0.25, 0.3) is 0 Å². The van der Waals surface area contributed by atoms with E-state index in [-0.39, 0.29) is 11.0 Å². The number of fused-ring (bicyclic) bond motifs is 5. The number of aliphatic hydroxyl groups is 1. The second-order valence-electron chi connectivity index (χ2n) is 10.7. The highest BCUT2D eigenvalue weighted by Crippen LogP contribution is 2.63. The maximum absolute atomic E-state index is 12.4. The molecule has 0 spiro atoms. The number of Topliss-reactive ketones (excluding diaryl/α,β-unsaturated/α-hetero) is 1. The summed E-state index contributed by atoms with van der Waals surface area (Å²) in [6, 6.07) is 0. The van der Waals surface area contributed by atoms with Gasteiger partial charge in [0.2, 0.25) is 0 Å². The van der Waals surface area contributed by atoms with E-state index in [1.165, 1.54) is 51.4 Å². The van der Waals surface area contributed by atoms with Crippen molar-refractivity contribution in [1.29, 1.82) is 0 Å². The van der Waals surface area contributed by atoms with Crippen LogP contribution < -0.4 is 0 Å². The molecule has 8 atom stereocenters. The van der Waals surface area contributed by atoms with Crippen molar-refractivity contribution in [2.24, 2.45) is 40.9 Å². The number of hydrogen-bond donors (Lipinski definition) is 1. The first-order chi connectivity index (χ1) is 12.4. The predicted molar refractivity (Wildman–Crippen MR) is 106 cm³/mol. The summed E-state index contributed by atoms with van der Waals surface area (Å²) in [5, 5.41) is 11.0. The Hall–Kier alpha value is -0.370. The van der Waals surface area contributed by atoms with Gasteiger partial charge < -0.3 is 5.11 Å². The average Bonchev–Trinajstić information content (AvgIpc) is 2.79. The Bertz CT molecular complexity index is 542. The zero-order chi connectivity index (χ0) is 18.5. The van der Waals surface area contributed by atoms with Crippen LogP contribution in [0.3, 0.4) is 0 Å². The maximum Gasteiger partial charge on any atom is 0.133 e. The fourth-order valence-corrected chi connectivity index (χ4v) is 8.38. The standard InChI is InChI=1S/C24H40O2/c1-4-24(26)13-6-7-18-17(15-24)10-11-20-19(18)12-14-23(3)21(16(2)25)8-5-9-22(20)23/h17-22,26H,4-15H2,1-3H3/t17-,18+,19-,20-,21-,22+,23-,24-/m1/s1. The van der Waals surface area contributed by atoms with Gasteiger partial charge >= 0.3 is 0 Å². The molecule has 0 aromatic heterocycles. The van der Waals surface area contributed by atoms with Crippen molar-refractivity contribution in [3.63, 3.8) is 0 Å². The summed E-state index contributed by atoms with van der Waals surface area (Å²) in [6.07, 6.45) is 14.6. The van der Waals surface area contributed by atoms with E-state index in [9.17, 15) is 9.90 Å². The van der Waals surface area contributed by atoms with Crippen molar-refractivity contribution in [1.82, 2.24) is 0 Å². The van der Waals surface area contributed by atoms with Crippen LogP contribution in [0.2, 0.25) is 0 Å². The molecule has 4 saturated carbocycles. The highest BCUT2D eigenvalue weighted by Gasteiger charge is 2.56. The molecular formula is C24H40O2. The van der Waals surface area contributed by atoms with Gasteiger partial charge in [-0.3, -0.25) is 4.79 Å². The number of carbonyl (C=O) groups is 1. The van der Waals surface area contributed by atoms with Gasteiger partial charge in [0, 0.05) is 5.92 Å². The van der Waals surface area contributed by atoms with Crippen LogP contribution in [0.15, 0.2) is 0 Å². The molecule has 2 heteroatoms. The van der Waals surface area contributed by atoms with E-state index in [1.54, 1.807) is 0 Å². The third-order valence-corrected chi connectivity index (χ3v) is 9.73.